The highest BCUT2D eigenvalue weighted by Crippen LogP contribution is 2.05. The van der Waals surface area contributed by atoms with E-state index in [1.165, 1.54) is 0 Å². The van der Waals surface area contributed by atoms with Crippen molar-refractivity contribution in [2.24, 2.45) is 0 Å². The first-order valence-electron chi connectivity index (χ1n) is 4.00. The lowest BCUT2D eigenvalue weighted by molar-refractivity contribution is 0.300. The maximum Gasteiger partial charge on any atom is 0.213 e. The number of hydrogen-bond acceptors (Lipinski definition) is 5. The molecule has 6 heteroatoms. The molecular weight excluding hydrogens is 182 g/mol. The van der Waals surface area contributed by atoms with Crippen molar-refractivity contribution in [3.63, 3.8) is 0 Å². The number of aromatic nitrogens is 4. The molecule has 0 aliphatic rings. The molecule has 0 saturated heterocycles. The summed E-state index contributed by atoms with van der Waals surface area (Å²) in [4.78, 5) is 3.87. The molecule has 70 valence electrons. The van der Waals surface area contributed by atoms with E-state index >= 15 is 0 Å². The molecule has 0 aliphatic heterocycles. The Balaban J connectivity index is 2.28. The van der Waals surface area contributed by atoms with Gasteiger partial charge in [0.05, 0.1) is 6.54 Å². The Morgan fingerprint density at radius 3 is 3.07 bits per heavy atom. The molecule has 0 radical (unpaired) electrons. The normalized spacial score (nSPS) is 10.0. The van der Waals surface area contributed by atoms with Gasteiger partial charge in [0.15, 0.2) is 0 Å². The minimum absolute atomic E-state index is 0.354. The highest BCUT2D eigenvalue weighted by molar-refractivity contribution is 5.14. The predicted molar refractivity (Wildman–Crippen MR) is 45.1 cm³/mol. The Morgan fingerprint density at radius 2 is 2.43 bits per heavy atom. The molecule has 0 saturated carbocycles. The molecule has 0 bridgehead atoms. The van der Waals surface area contributed by atoms with Crippen LogP contribution in [0.5, 0.6) is 0 Å². The number of nitriles is 1. The average Bonchev–Trinajstić information content (AvgIpc) is 2.77. The van der Waals surface area contributed by atoms with E-state index in [9.17, 15) is 0 Å². The fourth-order valence-corrected chi connectivity index (χ4v) is 1.10. The Hall–Kier alpha value is -2.16. The van der Waals surface area contributed by atoms with Crippen LogP contribution in [0.25, 0.3) is 0 Å². The van der Waals surface area contributed by atoms with Crippen LogP contribution in [0.2, 0.25) is 0 Å². The Morgan fingerprint density at radius 1 is 1.57 bits per heavy atom. The predicted octanol–water partition coefficient (Wildman–Crippen LogP) is 0.494. The Labute approximate surface area is 79.8 Å². The summed E-state index contributed by atoms with van der Waals surface area (Å²) in [6.07, 6.45) is 3.29. The van der Waals surface area contributed by atoms with E-state index in [1.807, 2.05) is 6.07 Å². The minimum atomic E-state index is 0.354. The number of rotatable bonds is 2. The average molecular weight is 189 g/mol. The van der Waals surface area contributed by atoms with Crippen molar-refractivity contribution in [1.82, 2.24) is 19.9 Å². The highest BCUT2D eigenvalue weighted by Gasteiger charge is 2.08. The van der Waals surface area contributed by atoms with Gasteiger partial charge in [0, 0.05) is 12.4 Å². The van der Waals surface area contributed by atoms with Crippen LogP contribution < -0.4 is 0 Å². The van der Waals surface area contributed by atoms with Crippen molar-refractivity contribution in [3.8, 4) is 6.07 Å². The summed E-state index contributed by atoms with van der Waals surface area (Å²) in [6, 6.07) is 1.98. The second-order valence-electron chi connectivity index (χ2n) is 2.79. The summed E-state index contributed by atoms with van der Waals surface area (Å²) in [6.45, 7) is 2.26. The number of hydrogen-bond donors (Lipinski definition) is 0. The maximum atomic E-state index is 8.71. The van der Waals surface area contributed by atoms with E-state index in [2.05, 4.69) is 19.9 Å². The second kappa shape index (κ2) is 3.30. The fourth-order valence-electron chi connectivity index (χ4n) is 1.10. The van der Waals surface area contributed by atoms with Crippen molar-refractivity contribution < 1.29 is 4.63 Å². The molecule has 14 heavy (non-hydrogen) atoms. The smallest absolute Gasteiger partial charge is 0.213 e. The van der Waals surface area contributed by atoms with Gasteiger partial charge < -0.3 is 4.57 Å². The lowest BCUT2D eigenvalue weighted by atomic mass is 10.3. The zero-order valence-corrected chi connectivity index (χ0v) is 7.51. The second-order valence-corrected chi connectivity index (χ2v) is 2.79. The molecule has 2 aromatic rings. The van der Waals surface area contributed by atoms with Crippen molar-refractivity contribution in [1.29, 1.82) is 5.26 Å². The van der Waals surface area contributed by atoms with Crippen LogP contribution in [0.1, 0.15) is 17.2 Å². The van der Waals surface area contributed by atoms with Gasteiger partial charge >= 0.3 is 0 Å². The lowest BCUT2D eigenvalue weighted by Gasteiger charge is -1.98. The molecule has 2 heterocycles. The quantitative estimate of drug-likeness (QED) is 0.686. The molecule has 0 spiro atoms. The molecule has 0 unspecified atom stereocenters. The van der Waals surface area contributed by atoms with Crippen molar-refractivity contribution >= 4 is 0 Å². The molecule has 0 atom stereocenters. The molecule has 0 aliphatic carbocycles. The third-order valence-corrected chi connectivity index (χ3v) is 1.88. The molecule has 0 amide bonds. The summed E-state index contributed by atoms with van der Waals surface area (Å²) in [7, 11) is 0. The number of imidazole rings is 1. The summed E-state index contributed by atoms with van der Waals surface area (Å²) in [5.74, 6) is 0.354. The monoisotopic (exact) mass is 189 g/mol. The van der Waals surface area contributed by atoms with Crippen molar-refractivity contribution in [3.05, 3.63) is 29.6 Å². The van der Waals surface area contributed by atoms with E-state index in [0.29, 0.717) is 18.1 Å². The minimum Gasteiger partial charge on any atom is -0.316 e. The summed E-state index contributed by atoms with van der Waals surface area (Å²) in [5, 5.41) is 16.1. The van der Waals surface area contributed by atoms with E-state index in [4.69, 9.17) is 5.26 Å². The van der Waals surface area contributed by atoms with Gasteiger partial charge in [0.2, 0.25) is 5.82 Å². The summed E-state index contributed by atoms with van der Waals surface area (Å²) in [5.41, 5.74) is 1.43. The van der Waals surface area contributed by atoms with Gasteiger partial charge in [-0.05, 0) is 6.92 Å². The first-order chi connectivity index (χ1) is 6.81. The van der Waals surface area contributed by atoms with E-state index in [-0.39, 0.29) is 0 Å². The van der Waals surface area contributed by atoms with Gasteiger partial charge in [-0.2, -0.15) is 5.26 Å². The zero-order chi connectivity index (χ0) is 9.97. The largest absolute Gasteiger partial charge is 0.316 e. The first kappa shape index (κ1) is 8.44. The van der Waals surface area contributed by atoms with E-state index in [0.717, 1.165) is 5.69 Å². The van der Waals surface area contributed by atoms with Crippen LogP contribution in [0.3, 0.4) is 0 Å². The molecule has 2 rings (SSSR count). The Kier molecular flexibility index (Phi) is 1.99. The molecule has 0 aromatic carbocycles. The highest BCUT2D eigenvalue weighted by atomic mass is 16.6. The van der Waals surface area contributed by atoms with Gasteiger partial charge in [-0.15, -0.1) is 0 Å². The van der Waals surface area contributed by atoms with Gasteiger partial charge in [-0.3, -0.25) is 0 Å². The van der Waals surface area contributed by atoms with E-state index < -0.39 is 0 Å². The van der Waals surface area contributed by atoms with E-state index in [1.54, 1.807) is 23.9 Å². The summed E-state index contributed by atoms with van der Waals surface area (Å²) >= 11 is 0. The van der Waals surface area contributed by atoms with Crippen LogP contribution in [0.4, 0.5) is 0 Å². The zero-order valence-electron chi connectivity index (χ0n) is 7.51. The number of aryl methyl sites for hydroxylation is 1. The first-order valence-corrected chi connectivity index (χ1v) is 4.00. The van der Waals surface area contributed by atoms with Crippen LogP contribution in [-0.4, -0.2) is 19.9 Å². The number of nitrogens with zero attached hydrogens (tertiary/aromatic N) is 5. The van der Waals surface area contributed by atoms with Gasteiger partial charge in [0.25, 0.3) is 0 Å². The SMILES string of the molecule is Cc1nonc1Cn1ccnc1C#N. The molecule has 2 aromatic heterocycles. The third kappa shape index (κ3) is 1.35. The molecular formula is C8H7N5O. The molecule has 0 fully saturated rings. The van der Waals surface area contributed by atoms with Crippen LogP contribution >= 0.6 is 0 Å². The van der Waals surface area contributed by atoms with Crippen LogP contribution in [-0.2, 0) is 6.54 Å². The van der Waals surface area contributed by atoms with Gasteiger partial charge in [0.1, 0.15) is 17.5 Å². The van der Waals surface area contributed by atoms with Crippen molar-refractivity contribution in [2.75, 3.05) is 0 Å². The van der Waals surface area contributed by atoms with Gasteiger partial charge in [-0.1, -0.05) is 10.3 Å². The lowest BCUT2D eigenvalue weighted by Crippen LogP contribution is -2.03. The third-order valence-electron chi connectivity index (χ3n) is 1.88. The fraction of sp³-hybridized carbons (Fsp3) is 0.250. The molecule has 0 N–H and O–H groups in total. The van der Waals surface area contributed by atoms with Crippen LogP contribution in [0.15, 0.2) is 17.0 Å². The van der Waals surface area contributed by atoms with Crippen molar-refractivity contribution in [2.45, 2.75) is 13.5 Å². The topological polar surface area (TPSA) is 80.5 Å². The maximum absolute atomic E-state index is 8.71. The summed E-state index contributed by atoms with van der Waals surface area (Å²) < 4.78 is 6.24. The molecule has 6 nitrogen and oxygen atoms in total. The van der Waals surface area contributed by atoms with Crippen LogP contribution in [0, 0.1) is 18.3 Å². The Bertz CT molecular complexity index is 478. The standard InChI is InChI=1S/C8H7N5O/c1-6-7(12-14-11-6)5-13-3-2-10-8(13)4-9/h2-3H,5H2,1H3. The van der Waals surface area contributed by atoms with Gasteiger partial charge in [-0.25, -0.2) is 9.61 Å².